The Morgan fingerprint density at radius 3 is 2.83 bits per heavy atom. The monoisotopic (exact) mass is 365 g/mol. The van der Waals surface area contributed by atoms with Crippen LogP contribution in [-0.4, -0.2) is 42.0 Å². The van der Waals surface area contributed by atoms with Crippen molar-refractivity contribution in [1.29, 1.82) is 0 Å². The molecule has 2 rings (SSSR count). The second-order valence-electron chi connectivity index (χ2n) is 5.20. The fourth-order valence-corrected chi connectivity index (χ4v) is 3.88. The van der Waals surface area contributed by atoms with E-state index in [4.69, 9.17) is 4.74 Å². The number of methoxy groups -OCH3 is 1. The van der Waals surface area contributed by atoms with Crippen LogP contribution in [0.3, 0.4) is 0 Å². The second kappa shape index (κ2) is 9.76. The van der Waals surface area contributed by atoms with Crippen molar-refractivity contribution in [1.82, 2.24) is 10.2 Å². The highest BCUT2D eigenvalue weighted by Crippen LogP contribution is 2.26. The van der Waals surface area contributed by atoms with Gasteiger partial charge in [-0.2, -0.15) is 0 Å². The van der Waals surface area contributed by atoms with Crippen LogP contribution in [0.4, 0.5) is 5.13 Å². The normalized spacial score (nSPS) is 10.8. The van der Waals surface area contributed by atoms with Gasteiger partial charge in [0.05, 0.1) is 12.4 Å². The van der Waals surface area contributed by atoms with Crippen molar-refractivity contribution in [2.45, 2.75) is 31.0 Å². The predicted octanol–water partition coefficient (Wildman–Crippen LogP) is 3.70. The lowest BCUT2D eigenvalue weighted by molar-refractivity contribution is 0.102. The van der Waals surface area contributed by atoms with Gasteiger partial charge in [0.25, 0.3) is 0 Å². The quantitative estimate of drug-likeness (QED) is 0.393. The van der Waals surface area contributed by atoms with Crippen LogP contribution in [0.15, 0.2) is 22.5 Å². The zero-order valence-electron chi connectivity index (χ0n) is 14.3. The highest BCUT2D eigenvalue weighted by Gasteiger charge is 2.13. The van der Waals surface area contributed by atoms with Crippen LogP contribution >= 0.6 is 23.1 Å². The van der Waals surface area contributed by atoms with E-state index >= 15 is 0 Å². The van der Waals surface area contributed by atoms with Crippen molar-refractivity contribution in [3.8, 4) is 0 Å². The number of hydrogen-bond donors (Lipinski definition) is 1. The predicted molar refractivity (Wildman–Crippen MR) is 101 cm³/mol. The molecule has 0 aliphatic rings. The number of ketones is 1. The summed E-state index contributed by atoms with van der Waals surface area (Å²) in [7, 11) is 1.66. The van der Waals surface area contributed by atoms with Crippen molar-refractivity contribution in [2.24, 2.45) is 0 Å². The molecule has 1 heterocycles. The summed E-state index contributed by atoms with van der Waals surface area (Å²) in [5, 5.41) is 12.1. The molecule has 0 saturated carbocycles. The van der Waals surface area contributed by atoms with Crippen LogP contribution in [0.25, 0.3) is 0 Å². The molecule has 0 amide bonds. The maximum absolute atomic E-state index is 12.6. The summed E-state index contributed by atoms with van der Waals surface area (Å²) in [4.78, 5) is 12.6. The van der Waals surface area contributed by atoms with Crippen LogP contribution < -0.4 is 5.32 Å². The average molecular weight is 366 g/mol. The average Bonchev–Trinajstić information content (AvgIpc) is 3.07. The van der Waals surface area contributed by atoms with Gasteiger partial charge in [0, 0.05) is 19.2 Å². The molecule has 24 heavy (non-hydrogen) atoms. The van der Waals surface area contributed by atoms with Crippen molar-refractivity contribution < 1.29 is 9.53 Å². The summed E-state index contributed by atoms with van der Waals surface area (Å²) in [6, 6.07) is 6.20. The number of rotatable bonds is 10. The molecular formula is C17H23N3O2S2. The molecule has 5 nitrogen and oxygen atoms in total. The van der Waals surface area contributed by atoms with E-state index in [1.165, 1.54) is 28.7 Å². The zero-order chi connectivity index (χ0) is 17.4. The summed E-state index contributed by atoms with van der Waals surface area (Å²) >= 11 is 2.90. The SMILES string of the molecule is CCc1ccc(CC)c(C(=O)CSc2nnc(NCCOC)s2)c1. The van der Waals surface area contributed by atoms with Gasteiger partial charge in [0.1, 0.15) is 0 Å². The molecule has 0 unspecified atom stereocenters. The molecule has 0 atom stereocenters. The molecule has 0 saturated heterocycles. The minimum atomic E-state index is 0.149. The summed E-state index contributed by atoms with van der Waals surface area (Å²) in [5.41, 5.74) is 3.14. The lowest BCUT2D eigenvalue weighted by Gasteiger charge is -2.08. The third kappa shape index (κ3) is 5.29. The number of thioether (sulfide) groups is 1. The summed E-state index contributed by atoms with van der Waals surface area (Å²) in [5.74, 6) is 0.531. The molecule has 130 valence electrons. The first-order valence-corrected chi connectivity index (χ1v) is 9.82. The third-order valence-electron chi connectivity index (χ3n) is 3.58. The van der Waals surface area contributed by atoms with Crippen molar-refractivity contribution in [3.63, 3.8) is 0 Å². The Bertz CT molecular complexity index is 674. The molecule has 1 N–H and O–H groups in total. The van der Waals surface area contributed by atoms with E-state index in [2.05, 4.69) is 41.5 Å². The van der Waals surface area contributed by atoms with E-state index in [0.29, 0.717) is 18.9 Å². The number of ether oxygens (including phenoxy) is 1. The molecule has 0 bridgehead atoms. The Morgan fingerprint density at radius 1 is 1.29 bits per heavy atom. The fraction of sp³-hybridized carbons (Fsp3) is 0.471. The standard InChI is InChI=1S/C17H23N3O2S2/c1-4-12-6-7-13(5-2)14(10-12)15(21)11-23-17-20-19-16(24-17)18-8-9-22-3/h6-7,10H,4-5,8-9,11H2,1-3H3,(H,18,19). The number of carbonyl (C=O) groups excluding carboxylic acids is 1. The van der Waals surface area contributed by atoms with Crippen molar-refractivity contribution in [3.05, 3.63) is 34.9 Å². The Hall–Kier alpha value is -1.44. The molecule has 7 heteroatoms. The first kappa shape index (κ1) is 18.9. The Balaban J connectivity index is 1.95. The number of benzene rings is 1. The van der Waals surface area contributed by atoms with E-state index in [-0.39, 0.29) is 5.78 Å². The van der Waals surface area contributed by atoms with Gasteiger partial charge in [-0.3, -0.25) is 4.79 Å². The molecular weight excluding hydrogens is 342 g/mol. The van der Waals surface area contributed by atoms with Crippen LogP contribution in [0.1, 0.15) is 35.3 Å². The van der Waals surface area contributed by atoms with Gasteiger partial charge in [-0.05, 0) is 30.0 Å². The number of carbonyl (C=O) groups is 1. The minimum absolute atomic E-state index is 0.149. The zero-order valence-corrected chi connectivity index (χ0v) is 15.9. The summed E-state index contributed by atoms with van der Waals surface area (Å²) in [6.07, 6.45) is 1.80. The lowest BCUT2D eigenvalue weighted by atomic mass is 9.98. The Morgan fingerprint density at radius 2 is 2.12 bits per heavy atom. The lowest BCUT2D eigenvalue weighted by Crippen LogP contribution is -2.07. The number of aryl methyl sites for hydroxylation is 2. The van der Waals surface area contributed by atoms with Gasteiger partial charge >= 0.3 is 0 Å². The van der Waals surface area contributed by atoms with Gasteiger partial charge in [-0.15, -0.1) is 10.2 Å². The molecule has 0 aliphatic heterocycles. The minimum Gasteiger partial charge on any atom is -0.383 e. The van der Waals surface area contributed by atoms with Crippen LogP contribution in [0.2, 0.25) is 0 Å². The molecule has 0 aliphatic carbocycles. The van der Waals surface area contributed by atoms with E-state index in [1.807, 2.05) is 6.07 Å². The van der Waals surface area contributed by atoms with Gasteiger partial charge in [0.2, 0.25) is 5.13 Å². The number of anilines is 1. The third-order valence-corrected chi connectivity index (χ3v) is 5.59. The van der Waals surface area contributed by atoms with E-state index in [9.17, 15) is 4.79 Å². The first-order valence-electron chi connectivity index (χ1n) is 8.02. The molecule has 2 aromatic rings. The summed E-state index contributed by atoms with van der Waals surface area (Å²) < 4.78 is 5.78. The fourth-order valence-electron chi connectivity index (χ4n) is 2.22. The highest BCUT2D eigenvalue weighted by molar-refractivity contribution is 8.01. The number of hydrogen-bond acceptors (Lipinski definition) is 7. The Kier molecular flexibility index (Phi) is 7.68. The molecule has 1 aromatic heterocycles. The van der Waals surface area contributed by atoms with E-state index in [1.54, 1.807) is 7.11 Å². The van der Waals surface area contributed by atoms with Gasteiger partial charge in [-0.1, -0.05) is 49.1 Å². The van der Waals surface area contributed by atoms with E-state index < -0.39 is 0 Å². The number of Topliss-reactive ketones (excluding diaryl/α,β-unsaturated/α-hetero) is 1. The van der Waals surface area contributed by atoms with Gasteiger partial charge < -0.3 is 10.1 Å². The van der Waals surface area contributed by atoms with Crippen LogP contribution in [-0.2, 0) is 17.6 Å². The summed E-state index contributed by atoms with van der Waals surface area (Å²) in [6.45, 7) is 5.49. The smallest absolute Gasteiger partial charge is 0.206 e. The molecule has 0 fully saturated rings. The Labute approximate surface area is 151 Å². The van der Waals surface area contributed by atoms with E-state index in [0.717, 1.165) is 33.4 Å². The van der Waals surface area contributed by atoms with Crippen molar-refractivity contribution >= 4 is 34.0 Å². The maximum atomic E-state index is 12.6. The number of aromatic nitrogens is 2. The largest absolute Gasteiger partial charge is 0.383 e. The first-order chi connectivity index (χ1) is 11.7. The van der Waals surface area contributed by atoms with Crippen LogP contribution in [0.5, 0.6) is 0 Å². The van der Waals surface area contributed by atoms with Gasteiger partial charge in [0.15, 0.2) is 10.1 Å². The topological polar surface area (TPSA) is 64.1 Å². The molecule has 0 spiro atoms. The molecule has 1 aromatic carbocycles. The maximum Gasteiger partial charge on any atom is 0.206 e. The molecule has 0 radical (unpaired) electrons. The number of nitrogens with zero attached hydrogens (tertiary/aromatic N) is 2. The van der Waals surface area contributed by atoms with Gasteiger partial charge in [-0.25, -0.2) is 0 Å². The van der Waals surface area contributed by atoms with Crippen LogP contribution in [0, 0.1) is 0 Å². The second-order valence-corrected chi connectivity index (χ2v) is 7.40. The highest BCUT2D eigenvalue weighted by atomic mass is 32.2. The van der Waals surface area contributed by atoms with Crippen molar-refractivity contribution in [2.75, 3.05) is 31.3 Å². The number of nitrogens with one attached hydrogen (secondary N) is 1.